The molecule has 66 valence electrons. The summed E-state index contributed by atoms with van der Waals surface area (Å²) in [6.45, 7) is 3.18. The maximum Gasteiger partial charge on any atom is 0.115 e. The molecule has 0 saturated carbocycles. The maximum atomic E-state index is 8.89. The Morgan fingerprint density at radius 3 is 2.55 bits per heavy atom. The molecule has 0 aromatic heterocycles. The molecule has 0 amide bonds. The van der Waals surface area contributed by atoms with Crippen LogP contribution in [-0.2, 0) is 4.74 Å². The van der Waals surface area contributed by atoms with Crippen LogP contribution >= 0.6 is 0 Å². The first-order chi connectivity index (χ1) is 5.33. The van der Waals surface area contributed by atoms with E-state index in [-0.39, 0.29) is 12.2 Å². The van der Waals surface area contributed by atoms with E-state index in [2.05, 4.69) is 6.92 Å². The van der Waals surface area contributed by atoms with Gasteiger partial charge in [0.1, 0.15) is 5.60 Å². The molecule has 11 heavy (non-hydrogen) atoms. The topological polar surface area (TPSA) is 32.8 Å². The number of hydrogen-bond donors (Lipinski definition) is 1. The van der Waals surface area contributed by atoms with Crippen molar-refractivity contribution < 1.29 is 9.84 Å². The fourth-order valence-corrected chi connectivity index (χ4v) is 1.29. The van der Waals surface area contributed by atoms with Crippen LogP contribution in [-0.4, -0.2) is 23.9 Å². The molecule has 1 rings (SSSR count). The van der Waals surface area contributed by atoms with Gasteiger partial charge in [0.15, 0.2) is 0 Å². The summed E-state index contributed by atoms with van der Waals surface area (Å²) in [5.74, 6) is 0. The second-order valence-electron chi connectivity index (χ2n) is 3.44. The molecule has 0 aromatic rings. The third-order valence-corrected chi connectivity index (χ3v) is 2.33. The van der Waals surface area contributed by atoms with Crippen LogP contribution in [0.5, 0.6) is 0 Å². The molecule has 1 fully saturated rings. The number of epoxide rings is 1. The average Bonchev–Trinajstić information content (AvgIpc) is 2.80. The summed E-state index contributed by atoms with van der Waals surface area (Å²) >= 11 is 0. The molecule has 1 N–H and O–H groups in total. The van der Waals surface area contributed by atoms with E-state index in [0.717, 1.165) is 13.0 Å². The minimum atomic E-state index is -0.103. The summed E-state index contributed by atoms with van der Waals surface area (Å²) in [7, 11) is 0. The van der Waals surface area contributed by atoms with Crippen molar-refractivity contribution >= 4 is 0 Å². The molecule has 0 aliphatic carbocycles. The predicted octanol–water partition coefficient (Wildman–Crippen LogP) is 1.72. The van der Waals surface area contributed by atoms with Crippen molar-refractivity contribution in [2.75, 3.05) is 13.2 Å². The molecular weight excluding hydrogens is 140 g/mol. The molecule has 1 aliphatic heterocycles. The van der Waals surface area contributed by atoms with Gasteiger partial charge < -0.3 is 9.84 Å². The molecule has 1 saturated heterocycles. The SMILES string of the molecule is CCCCCC[C@@]1(CO)CO1. The van der Waals surface area contributed by atoms with E-state index in [0.29, 0.717) is 0 Å². The van der Waals surface area contributed by atoms with Crippen LogP contribution in [0.4, 0.5) is 0 Å². The van der Waals surface area contributed by atoms with Gasteiger partial charge in [-0.1, -0.05) is 32.6 Å². The first-order valence-corrected chi connectivity index (χ1v) is 4.58. The van der Waals surface area contributed by atoms with Gasteiger partial charge in [-0.25, -0.2) is 0 Å². The molecule has 1 heterocycles. The van der Waals surface area contributed by atoms with Crippen molar-refractivity contribution in [1.82, 2.24) is 0 Å². The van der Waals surface area contributed by atoms with E-state index < -0.39 is 0 Å². The second-order valence-corrected chi connectivity index (χ2v) is 3.44. The highest BCUT2D eigenvalue weighted by Gasteiger charge is 2.43. The van der Waals surface area contributed by atoms with Gasteiger partial charge in [0.05, 0.1) is 13.2 Å². The molecule has 0 spiro atoms. The van der Waals surface area contributed by atoms with Crippen molar-refractivity contribution in [3.63, 3.8) is 0 Å². The van der Waals surface area contributed by atoms with E-state index in [9.17, 15) is 0 Å². The largest absolute Gasteiger partial charge is 0.393 e. The molecule has 2 heteroatoms. The van der Waals surface area contributed by atoms with Crippen molar-refractivity contribution in [2.45, 2.75) is 44.6 Å². The molecule has 1 atom stereocenters. The number of ether oxygens (including phenoxy) is 1. The standard InChI is InChI=1S/C9H18O2/c1-2-3-4-5-6-9(7-10)8-11-9/h10H,2-8H2,1H3/t9-/m1/s1. The van der Waals surface area contributed by atoms with E-state index in [1.54, 1.807) is 0 Å². The zero-order chi connectivity index (χ0) is 8.16. The van der Waals surface area contributed by atoms with Crippen LogP contribution in [0.25, 0.3) is 0 Å². The lowest BCUT2D eigenvalue weighted by atomic mass is 10.0. The van der Waals surface area contributed by atoms with E-state index >= 15 is 0 Å². The van der Waals surface area contributed by atoms with Crippen molar-refractivity contribution in [2.24, 2.45) is 0 Å². The lowest BCUT2D eigenvalue weighted by molar-refractivity contribution is 0.161. The highest BCUT2D eigenvalue weighted by molar-refractivity contribution is 4.90. The monoisotopic (exact) mass is 158 g/mol. The lowest BCUT2D eigenvalue weighted by Gasteiger charge is -2.06. The zero-order valence-corrected chi connectivity index (χ0v) is 7.31. The van der Waals surface area contributed by atoms with Crippen LogP contribution in [0, 0.1) is 0 Å². The fourth-order valence-electron chi connectivity index (χ4n) is 1.29. The van der Waals surface area contributed by atoms with Crippen LogP contribution in [0.3, 0.4) is 0 Å². The Hall–Kier alpha value is -0.0800. The Morgan fingerprint density at radius 1 is 1.36 bits per heavy atom. The minimum absolute atomic E-state index is 0.103. The van der Waals surface area contributed by atoms with Crippen LogP contribution in [0.2, 0.25) is 0 Å². The van der Waals surface area contributed by atoms with Crippen molar-refractivity contribution in [1.29, 1.82) is 0 Å². The second kappa shape index (κ2) is 4.07. The van der Waals surface area contributed by atoms with Crippen LogP contribution in [0.1, 0.15) is 39.0 Å². The van der Waals surface area contributed by atoms with Gasteiger partial charge in [0, 0.05) is 0 Å². The highest BCUT2D eigenvalue weighted by atomic mass is 16.6. The summed E-state index contributed by atoms with van der Waals surface area (Å²) < 4.78 is 5.18. The third-order valence-electron chi connectivity index (χ3n) is 2.33. The molecule has 0 aromatic carbocycles. The molecule has 1 aliphatic rings. The van der Waals surface area contributed by atoms with Gasteiger partial charge in [-0.2, -0.15) is 0 Å². The lowest BCUT2D eigenvalue weighted by Crippen LogP contribution is -2.15. The highest BCUT2D eigenvalue weighted by Crippen LogP contribution is 2.32. The normalized spacial score (nSPS) is 28.9. The van der Waals surface area contributed by atoms with E-state index in [1.807, 2.05) is 0 Å². The quantitative estimate of drug-likeness (QED) is 0.471. The number of aliphatic hydroxyl groups is 1. The summed E-state index contributed by atoms with van der Waals surface area (Å²) in [6.07, 6.45) is 6.11. The molecular formula is C9H18O2. The Labute approximate surface area is 68.6 Å². The van der Waals surface area contributed by atoms with Gasteiger partial charge >= 0.3 is 0 Å². The molecule has 0 unspecified atom stereocenters. The summed E-state index contributed by atoms with van der Waals surface area (Å²) in [5, 5.41) is 8.89. The Balaban J connectivity index is 1.94. The first-order valence-electron chi connectivity index (χ1n) is 4.58. The number of rotatable bonds is 6. The smallest absolute Gasteiger partial charge is 0.115 e. The van der Waals surface area contributed by atoms with E-state index in [4.69, 9.17) is 9.84 Å². The van der Waals surface area contributed by atoms with Crippen molar-refractivity contribution in [3.8, 4) is 0 Å². The summed E-state index contributed by atoms with van der Waals surface area (Å²) in [6, 6.07) is 0. The third kappa shape index (κ3) is 2.80. The molecule has 0 radical (unpaired) electrons. The van der Waals surface area contributed by atoms with Crippen LogP contribution < -0.4 is 0 Å². The average molecular weight is 158 g/mol. The zero-order valence-electron chi connectivity index (χ0n) is 7.31. The maximum absolute atomic E-state index is 8.89. The minimum Gasteiger partial charge on any atom is -0.393 e. The Morgan fingerprint density at radius 2 is 2.09 bits per heavy atom. The number of unbranched alkanes of at least 4 members (excludes halogenated alkanes) is 3. The van der Waals surface area contributed by atoms with Gasteiger partial charge in [-0.15, -0.1) is 0 Å². The van der Waals surface area contributed by atoms with Crippen molar-refractivity contribution in [3.05, 3.63) is 0 Å². The number of hydrogen-bond acceptors (Lipinski definition) is 2. The Bertz CT molecular complexity index is 108. The Kier molecular flexibility index (Phi) is 3.34. The van der Waals surface area contributed by atoms with Gasteiger partial charge in [-0.3, -0.25) is 0 Å². The molecule has 0 bridgehead atoms. The van der Waals surface area contributed by atoms with Gasteiger partial charge in [-0.05, 0) is 6.42 Å². The predicted molar refractivity (Wildman–Crippen MR) is 44.5 cm³/mol. The fraction of sp³-hybridized carbons (Fsp3) is 1.00. The molecule has 2 nitrogen and oxygen atoms in total. The van der Waals surface area contributed by atoms with E-state index in [1.165, 1.54) is 25.7 Å². The van der Waals surface area contributed by atoms with Gasteiger partial charge in [0.2, 0.25) is 0 Å². The van der Waals surface area contributed by atoms with Gasteiger partial charge in [0.25, 0.3) is 0 Å². The summed E-state index contributed by atoms with van der Waals surface area (Å²) in [5.41, 5.74) is -0.103. The first kappa shape index (κ1) is 9.01. The van der Waals surface area contributed by atoms with Crippen LogP contribution in [0.15, 0.2) is 0 Å². The number of aliphatic hydroxyl groups excluding tert-OH is 1. The summed E-state index contributed by atoms with van der Waals surface area (Å²) in [4.78, 5) is 0.